The number of rotatable bonds is 3. The minimum Gasteiger partial charge on any atom is -0.304 e. The summed E-state index contributed by atoms with van der Waals surface area (Å²) in [6.45, 7) is 0. The number of hydrogen-bond donors (Lipinski definition) is 1. The predicted octanol–water partition coefficient (Wildman–Crippen LogP) is 4.27. The van der Waals surface area contributed by atoms with Crippen molar-refractivity contribution in [1.29, 1.82) is 0 Å². The first-order valence-electron chi connectivity index (χ1n) is 6.63. The molecule has 19 heavy (non-hydrogen) atoms. The van der Waals surface area contributed by atoms with Gasteiger partial charge in [0.1, 0.15) is 5.82 Å². The molecular weight excluding hydrogens is 263 g/mol. The summed E-state index contributed by atoms with van der Waals surface area (Å²) in [5.41, 5.74) is 0.226. The number of benzene rings is 1. The van der Waals surface area contributed by atoms with Gasteiger partial charge in [-0.2, -0.15) is 0 Å². The van der Waals surface area contributed by atoms with Gasteiger partial charge in [0.15, 0.2) is 0 Å². The van der Waals surface area contributed by atoms with Crippen LogP contribution in [0, 0.1) is 5.82 Å². The number of carbonyl (C=O) groups excluding carboxylic acids is 1. The van der Waals surface area contributed by atoms with Crippen molar-refractivity contribution in [3.63, 3.8) is 0 Å². The van der Waals surface area contributed by atoms with E-state index in [9.17, 15) is 9.18 Å². The molecule has 0 saturated heterocycles. The van der Waals surface area contributed by atoms with E-state index in [1.807, 2.05) is 0 Å². The van der Waals surface area contributed by atoms with E-state index in [2.05, 4.69) is 5.32 Å². The van der Waals surface area contributed by atoms with Crippen molar-refractivity contribution in [1.82, 2.24) is 4.31 Å². The molecule has 0 radical (unpaired) electrons. The second-order valence-electron chi connectivity index (χ2n) is 4.77. The molecule has 0 spiro atoms. The Morgan fingerprint density at radius 2 is 2.00 bits per heavy atom. The second-order valence-corrected chi connectivity index (χ2v) is 6.20. The van der Waals surface area contributed by atoms with E-state index in [-0.39, 0.29) is 11.7 Å². The Morgan fingerprint density at radius 3 is 2.68 bits per heavy atom. The third-order valence-electron chi connectivity index (χ3n) is 3.26. The molecule has 5 heteroatoms. The van der Waals surface area contributed by atoms with Gasteiger partial charge in [0.25, 0.3) is 0 Å². The van der Waals surface area contributed by atoms with E-state index in [4.69, 9.17) is 0 Å². The SMILES string of the molecule is CN(SC1CCCCC1)C(=O)Nc1ccccc1F. The van der Waals surface area contributed by atoms with Crippen LogP contribution in [0.2, 0.25) is 0 Å². The van der Waals surface area contributed by atoms with Crippen LogP contribution in [-0.4, -0.2) is 22.6 Å². The van der Waals surface area contributed by atoms with Gasteiger partial charge >= 0.3 is 6.03 Å². The number of hydrogen-bond acceptors (Lipinski definition) is 2. The van der Waals surface area contributed by atoms with Crippen LogP contribution < -0.4 is 5.32 Å². The molecule has 1 N–H and O–H groups in total. The molecule has 0 heterocycles. The van der Waals surface area contributed by atoms with E-state index >= 15 is 0 Å². The van der Waals surface area contributed by atoms with E-state index in [1.165, 1.54) is 25.3 Å². The number of nitrogens with zero attached hydrogens (tertiary/aromatic N) is 1. The molecule has 2 amide bonds. The Bertz CT molecular complexity index is 435. The molecule has 1 fully saturated rings. The highest BCUT2D eigenvalue weighted by Crippen LogP contribution is 2.30. The molecule has 1 aromatic rings. The van der Waals surface area contributed by atoms with E-state index in [0.717, 1.165) is 12.8 Å². The summed E-state index contributed by atoms with van der Waals surface area (Å²) in [5.74, 6) is -0.410. The van der Waals surface area contributed by atoms with Crippen molar-refractivity contribution in [2.24, 2.45) is 0 Å². The fraction of sp³-hybridized carbons (Fsp3) is 0.500. The highest BCUT2D eigenvalue weighted by molar-refractivity contribution is 7.98. The van der Waals surface area contributed by atoms with Crippen LogP contribution in [0.25, 0.3) is 0 Å². The normalized spacial score (nSPS) is 16.1. The zero-order chi connectivity index (χ0) is 13.7. The monoisotopic (exact) mass is 282 g/mol. The number of carbonyl (C=O) groups is 1. The number of urea groups is 1. The molecule has 0 aliphatic heterocycles. The topological polar surface area (TPSA) is 32.3 Å². The summed E-state index contributed by atoms with van der Waals surface area (Å²) in [5, 5.41) is 3.10. The van der Waals surface area contributed by atoms with Crippen LogP contribution in [0.4, 0.5) is 14.9 Å². The molecule has 3 nitrogen and oxygen atoms in total. The van der Waals surface area contributed by atoms with Gasteiger partial charge in [0, 0.05) is 12.3 Å². The minimum atomic E-state index is -0.410. The number of halogens is 1. The summed E-state index contributed by atoms with van der Waals surface area (Å²) in [6.07, 6.45) is 6.08. The molecule has 104 valence electrons. The maximum absolute atomic E-state index is 13.4. The molecule has 1 aliphatic carbocycles. The maximum atomic E-state index is 13.4. The zero-order valence-electron chi connectivity index (χ0n) is 11.1. The average molecular weight is 282 g/mol. The van der Waals surface area contributed by atoms with Gasteiger partial charge in [-0.3, -0.25) is 4.31 Å². The Labute approximate surface area is 117 Å². The van der Waals surface area contributed by atoms with E-state index < -0.39 is 5.82 Å². The lowest BCUT2D eigenvalue weighted by atomic mass is 10.0. The Hall–Kier alpha value is -1.23. The van der Waals surface area contributed by atoms with Crippen LogP contribution in [0.15, 0.2) is 24.3 Å². The fourth-order valence-corrected chi connectivity index (χ4v) is 3.33. The lowest BCUT2D eigenvalue weighted by molar-refractivity contribution is 0.242. The number of amides is 2. The van der Waals surface area contributed by atoms with Crippen LogP contribution in [0.3, 0.4) is 0 Å². The number of para-hydroxylation sites is 1. The minimum absolute atomic E-state index is 0.226. The lowest BCUT2D eigenvalue weighted by Crippen LogP contribution is -2.28. The van der Waals surface area contributed by atoms with E-state index in [1.54, 1.807) is 41.5 Å². The summed E-state index contributed by atoms with van der Waals surface area (Å²) in [6, 6.07) is 5.93. The molecule has 2 rings (SSSR count). The van der Waals surface area contributed by atoms with Crippen molar-refractivity contribution in [2.75, 3.05) is 12.4 Å². The van der Waals surface area contributed by atoms with Gasteiger partial charge < -0.3 is 5.32 Å². The molecule has 0 bridgehead atoms. The molecule has 0 aromatic heterocycles. The van der Waals surface area contributed by atoms with E-state index in [0.29, 0.717) is 5.25 Å². The van der Waals surface area contributed by atoms with Crippen LogP contribution in [0.1, 0.15) is 32.1 Å². The highest BCUT2D eigenvalue weighted by Gasteiger charge is 2.19. The lowest BCUT2D eigenvalue weighted by Gasteiger charge is -2.26. The standard InChI is InChI=1S/C14H19FN2OS/c1-17(19-11-7-3-2-4-8-11)14(18)16-13-10-6-5-9-12(13)15/h5-6,9-11H,2-4,7-8H2,1H3,(H,16,18). The van der Waals surface area contributed by atoms with Crippen LogP contribution in [0.5, 0.6) is 0 Å². The van der Waals surface area contributed by atoms with Crippen LogP contribution >= 0.6 is 11.9 Å². The summed E-state index contributed by atoms with van der Waals surface area (Å²) in [4.78, 5) is 12.0. The first kappa shape index (κ1) is 14.2. The Balaban J connectivity index is 1.87. The van der Waals surface area contributed by atoms with Crippen molar-refractivity contribution < 1.29 is 9.18 Å². The number of nitrogens with one attached hydrogen (secondary N) is 1. The molecule has 0 atom stereocenters. The second kappa shape index (κ2) is 6.80. The first-order valence-corrected chi connectivity index (χ1v) is 7.46. The largest absolute Gasteiger partial charge is 0.331 e. The smallest absolute Gasteiger partial charge is 0.304 e. The third-order valence-corrected chi connectivity index (χ3v) is 4.51. The van der Waals surface area contributed by atoms with Gasteiger partial charge in [-0.1, -0.05) is 31.4 Å². The van der Waals surface area contributed by atoms with Gasteiger partial charge in [0.2, 0.25) is 0 Å². The predicted molar refractivity (Wildman–Crippen MR) is 77.6 cm³/mol. The summed E-state index contributed by atoms with van der Waals surface area (Å²) < 4.78 is 15.0. The maximum Gasteiger partial charge on any atom is 0.331 e. The van der Waals surface area contributed by atoms with Gasteiger partial charge in [0.05, 0.1) is 5.69 Å². The zero-order valence-corrected chi connectivity index (χ0v) is 11.9. The number of anilines is 1. The van der Waals surface area contributed by atoms with Crippen molar-refractivity contribution in [3.8, 4) is 0 Å². The average Bonchev–Trinajstić information content (AvgIpc) is 2.42. The van der Waals surface area contributed by atoms with Gasteiger partial charge in [-0.25, -0.2) is 9.18 Å². The Morgan fingerprint density at radius 1 is 1.32 bits per heavy atom. The summed E-state index contributed by atoms with van der Waals surface area (Å²) >= 11 is 1.55. The Kier molecular flexibility index (Phi) is 5.07. The fourth-order valence-electron chi connectivity index (χ4n) is 2.20. The molecule has 1 aliphatic rings. The molecule has 1 aromatic carbocycles. The van der Waals surface area contributed by atoms with Crippen molar-refractivity contribution in [2.45, 2.75) is 37.4 Å². The molecular formula is C14H19FN2OS. The summed E-state index contributed by atoms with van der Waals surface area (Å²) in [7, 11) is 1.73. The van der Waals surface area contributed by atoms with Gasteiger partial charge in [-0.15, -0.1) is 0 Å². The highest BCUT2D eigenvalue weighted by atomic mass is 32.2. The van der Waals surface area contributed by atoms with Crippen molar-refractivity contribution in [3.05, 3.63) is 30.1 Å². The first-order chi connectivity index (χ1) is 9.16. The third kappa shape index (κ3) is 4.13. The quantitative estimate of drug-likeness (QED) is 0.840. The van der Waals surface area contributed by atoms with Gasteiger partial charge in [-0.05, 0) is 36.9 Å². The molecule has 0 unspecified atom stereocenters. The van der Waals surface area contributed by atoms with Crippen molar-refractivity contribution >= 4 is 23.7 Å². The molecule has 1 saturated carbocycles. The van der Waals surface area contributed by atoms with Crippen LogP contribution in [-0.2, 0) is 0 Å².